The Morgan fingerprint density at radius 2 is 1.09 bits per heavy atom. The molecule has 0 radical (unpaired) electrons. The molecule has 9 heteroatoms. The van der Waals surface area contributed by atoms with Crippen molar-refractivity contribution in [3.63, 3.8) is 0 Å². The fraction of sp³-hybridized carbons (Fsp3) is 0.118. The third kappa shape index (κ3) is 8.05. The number of halogens is 2. The third-order valence-corrected chi connectivity index (χ3v) is 10.2. The molecule has 0 aliphatic carbocycles. The minimum atomic E-state index is -0.446. The predicted molar refractivity (Wildman–Crippen MR) is 183 cm³/mol. The molecule has 216 valence electrons. The maximum Gasteiger partial charge on any atom is 0.125 e. The first-order chi connectivity index (χ1) is 21.0. The van der Waals surface area contributed by atoms with Crippen LogP contribution in [-0.4, -0.2) is 13.2 Å². The highest BCUT2D eigenvalue weighted by Gasteiger charge is 2.23. The van der Waals surface area contributed by atoms with E-state index >= 15 is 0 Å². The lowest BCUT2D eigenvalue weighted by Gasteiger charge is -2.18. The molecule has 0 spiro atoms. The van der Waals surface area contributed by atoms with Crippen LogP contribution in [0.4, 0.5) is 0 Å². The molecule has 0 aromatic heterocycles. The van der Waals surface area contributed by atoms with Crippen LogP contribution in [0.1, 0.15) is 23.2 Å². The number of ether oxygens (including phenoxy) is 2. The molecule has 0 unspecified atom stereocenters. The summed E-state index contributed by atoms with van der Waals surface area (Å²) < 4.78 is 12.7. The summed E-state index contributed by atoms with van der Waals surface area (Å²) in [5, 5.41) is 7.83. The smallest absolute Gasteiger partial charge is 0.125 e. The zero-order chi connectivity index (χ0) is 30.0. The van der Waals surface area contributed by atoms with Gasteiger partial charge in [0, 0.05) is 25.0 Å². The van der Waals surface area contributed by atoms with E-state index in [-0.39, 0.29) is 12.1 Å². The van der Waals surface area contributed by atoms with E-state index in [1.807, 2.05) is 36.4 Å². The largest absolute Gasteiger partial charge is 0.492 e. The minimum Gasteiger partial charge on any atom is -0.492 e. The summed E-state index contributed by atoms with van der Waals surface area (Å²) in [6, 6.07) is 43.8. The SMILES string of the molecule is N[C@@H]1COc2cc(Br)ccc21.[N-]=[N+]=N[C@@H]1COc2cc(Br)ccc21.c1ccc(P(c2ccccc2)c2ccccc2)cc1. The zero-order valence-electron chi connectivity index (χ0n) is 23.1. The second-order valence-electron chi connectivity index (χ2n) is 9.66. The lowest BCUT2D eigenvalue weighted by Crippen LogP contribution is -2.20. The number of benzene rings is 5. The second kappa shape index (κ2) is 15.2. The van der Waals surface area contributed by atoms with Gasteiger partial charge in [-0.05, 0) is 53.6 Å². The molecule has 7 rings (SSSR count). The van der Waals surface area contributed by atoms with E-state index in [1.165, 1.54) is 15.9 Å². The quantitative estimate of drug-likeness (QED) is 0.0876. The number of nitrogens with two attached hydrogens (primary N) is 1. The summed E-state index contributed by atoms with van der Waals surface area (Å²) in [5.41, 5.74) is 16.1. The van der Waals surface area contributed by atoms with Gasteiger partial charge in [-0.3, -0.25) is 0 Å². The molecule has 0 saturated carbocycles. The Labute approximate surface area is 269 Å². The highest BCUT2D eigenvalue weighted by molar-refractivity contribution is 9.10. The van der Waals surface area contributed by atoms with Crippen LogP contribution < -0.4 is 31.1 Å². The highest BCUT2D eigenvalue weighted by Crippen LogP contribution is 2.37. The van der Waals surface area contributed by atoms with E-state index in [9.17, 15) is 0 Å². The fourth-order valence-electron chi connectivity index (χ4n) is 4.71. The van der Waals surface area contributed by atoms with Gasteiger partial charge in [-0.1, -0.05) is 140 Å². The standard InChI is InChI=1S/C18H15P.C8H6BrN3O.C8H8BrNO/c1-4-10-16(11-5-1)19(17-12-6-2-7-13-17)18-14-8-3-9-15-18;9-5-1-2-6-7(11-12-10)4-13-8(6)3-5;9-5-1-2-6-7(10)4-11-8(6)3-5/h1-15H;1-3,7H,4H2;1-3,7H,4,10H2/t;2*7-/m.11/s1. The number of nitrogens with zero attached hydrogens (tertiary/aromatic N) is 3. The molecular formula is C34H29Br2N4O2P. The molecule has 0 fully saturated rings. The Kier molecular flexibility index (Phi) is 10.9. The Hall–Kier alpha value is -3.64. The maximum absolute atomic E-state index is 8.30. The van der Waals surface area contributed by atoms with E-state index in [1.54, 1.807) is 0 Å². The third-order valence-electron chi connectivity index (χ3n) is 6.76. The molecule has 2 aliphatic heterocycles. The van der Waals surface area contributed by atoms with Crippen molar-refractivity contribution in [3.8, 4) is 11.5 Å². The van der Waals surface area contributed by atoms with Gasteiger partial charge in [0.2, 0.25) is 0 Å². The van der Waals surface area contributed by atoms with Crippen molar-refractivity contribution in [1.29, 1.82) is 0 Å². The molecule has 5 aromatic rings. The fourth-order valence-corrected chi connectivity index (χ4v) is 7.70. The van der Waals surface area contributed by atoms with Crippen molar-refractivity contribution in [2.45, 2.75) is 12.1 Å². The molecule has 0 amide bonds. The number of azide groups is 1. The average Bonchev–Trinajstić information content (AvgIpc) is 3.61. The molecule has 2 N–H and O–H groups in total. The predicted octanol–water partition coefficient (Wildman–Crippen LogP) is 8.48. The summed E-state index contributed by atoms with van der Waals surface area (Å²) in [6.07, 6.45) is 0. The Morgan fingerprint density at radius 3 is 1.58 bits per heavy atom. The summed E-state index contributed by atoms with van der Waals surface area (Å²) in [7, 11) is -0.446. The molecular weight excluding hydrogens is 687 g/mol. The van der Waals surface area contributed by atoms with Gasteiger partial charge in [-0.25, -0.2) is 0 Å². The lowest BCUT2D eigenvalue weighted by atomic mass is 10.1. The van der Waals surface area contributed by atoms with Crippen LogP contribution >= 0.6 is 39.8 Å². The lowest BCUT2D eigenvalue weighted by molar-refractivity contribution is 0.333. The molecule has 0 bridgehead atoms. The molecule has 2 heterocycles. The van der Waals surface area contributed by atoms with Crippen LogP contribution in [-0.2, 0) is 0 Å². The van der Waals surface area contributed by atoms with E-state index in [4.69, 9.17) is 20.7 Å². The van der Waals surface area contributed by atoms with Crippen molar-refractivity contribution < 1.29 is 9.47 Å². The van der Waals surface area contributed by atoms with Crippen LogP contribution in [0.2, 0.25) is 0 Å². The minimum absolute atomic E-state index is 0.0538. The van der Waals surface area contributed by atoms with Gasteiger partial charge >= 0.3 is 0 Å². The maximum atomic E-state index is 8.30. The Morgan fingerprint density at radius 1 is 0.651 bits per heavy atom. The molecule has 2 atom stereocenters. The van der Waals surface area contributed by atoms with E-state index < -0.39 is 7.92 Å². The van der Waals surface area contributed by atoms with E-state index in [0.29, 0.717) is 13.2 Å². The average molecular weight is 716 g/mol. The number of hydrogen-bond donors (Lipinski definition) is 1. The van der Waals surface area contributed by atoms with Crippen LogP contribution in [0.25, 0.3) is 10.4 Å². The van der Waals surface area contributed by atoms with Gasteiger partial charge in [0.1, 0.15) is 30.8 Å². The first-order valence-corrected chi connectivity index (χ1v) is 16.6. The summed E-state index contributed by atoms with van der Waals surface area (Å²) in [5.74, 6) is 1.71. The molecule has 0 saturated heterocycles. The van der Waals surface area contributed by atoms with Gasteiger partial charge in [0.25, 0.3) is 0 Å². The number of fused-ring (bicyclic) bond motifs is 2. The number of hydrogen-bond acceptors (Lipinski definition) is 4. The van der Waals surface area contributed by atoms with E-state index in [0.717, 1.165) is 31.6 Å². The second-order valence-corrected chi connectivity index (χ2v) is 13.7. The van der Waals surface area contributed by atoms with Crippen molar-refractivity contribution >= 4 is 55.7 Å². The number of rotatable bonds is 4. The van der Waals surface area contributed by atoms with Gasteiger partial charge in [-0.15, -0.1) is 0 Å². The van der Waals surface area contributed by atoms with Crippen molar-refractivity contribution in [1.82, 2.24) is 0 Å². The van der Waals surface area contributed by atoms with Crippen LogP contribution in [0.5, 0.6) is 11.5 Å². The van der Waals surface area contributed by atoms with Gasteiger partial charge in [-0.2, -0.15) is 0 Å². The first kappa shape index (κ1) is 30.8. The highest BCUT2D eigenvalue weighted by atomic mass is 79.9. The monoisotopic (exact) mass is 714 g/mol. The van der Waals surface area contributed by atoms with Crippen LogP contribution in [0.15, 0.2) is 141 Å². The molecule has 5 aromatic carbocycles. The van der Waals surface area contributed by atoms with Crippen LogP contribution in [0, 0.1) is 0 Å². The van der Waals surface area contributed by atoms with Crippen molar-refractivity contribution in [2.75, 3.05) is 13.2 Å². The Bertz CT molecular complexity index is 1590. The zero-order valence-corrected chi connectivity index (χ0v) is 27.2. The molecule has 6 nitrogen and oxygen atoms in total. The summed E-state index contributed by atoms with van der Waals surface area (Å²) in [6.45, 7) is 1.04. The normalized spacial score (nSPS) is 15.7. The Balaban J connectivity index is 0.000000134. The van der Waals surface area contributed by atoms with Gasteiger partial charge < -0.3 is 15.2 Å². The van der Waals surface area contributed by atoms with Crippen molar-refractivity contribution in [2.24, 2.45) is 10.8 Å². The molecule has 43 heavy (non-hydrogen) atoms. The van der Waals surface area contributed by atoms with Gasteiger partial charge in [0.05, 0.1) is 6.04 Å². The summed E-state index contributed by atoms with van der Waals surface area (Å²) in [4.78, 5) is 2.77. The van der Waals surface area contributed by atoms with Crippen LogP contribution in [0.3, 0.4) is 0 Å². The van der Waals surface area contributed by atoms with Gasteiger partial charge in [0.15, 0.2) is 0 Å². The summed E-state index contributed by atoms with van der Waals surface area (Å²) >= 11 is 6.70. The first-order valence-electron chi connectivity index (χ1n) is 13.6. The molecule has 2 aliphatic rings. The topological polar surface area (TPSA) is 93.2 Å². The van der Waals surface area contributed by atoms with Crippen molar-refractivity contribution in [3.05, 3.63) is 158 Å². The van der Waals surface area contributed by atoms with E-state index in [2.05, 4.69) is 133 Å².